The minimum Gasteiger partial charge on any atom is -0.439 e. The second-order valence-electron chi connectivity index (χ2n) is 7.50. The predicted molar refractivity (Wildman–Crippen MR) is 119 cm³/mol. The van der Waals surface area contributed by atoms with Crippen LogP contribution in [0, 0.1) is 33.5 Å². The molecule has 8 heteroatoms. The molecule has 32 heavy (non-hydrogen) atoms. The van der Waals surface area contributed by atoms with Crippen LogP contribution in [0.1, 0.15) is 33.1 Å². The molecular formula is C24H22FN5O2. The molecule has 1 amide bonds. The number of nitrogens with zero attached hydrogens (tertiary/aromatic N) is 4. The molecule has 0 aliphatic carbocycles. The van der Waals surface area contributed by atoms with Crippen LogP contribution >= 0.6 is 0 Å². The van der Waals surface area contributed by atoms with E-state index in [0.717, 1.165) is 11.4 Å². The zero-order valence-corrected chi connectivity index (χ0v) is 18.2. The summed E-state index contributed by atoms with van der Waals surface area (Å²) in [5, 5.41) is 7.20. The molecule has 162 valence electrons. The van der Waals surface area contributed by atoms with Gasteiger partial charge in [0.2, 0.25) is 5.88 Å². The van der Waals surface area contributed by atoms with E-state index in [1.807, 2.05) is 19.9 Å². The van der Waals surface area contributed by atoms with Crippen molar-refractivity contribution in [1.29, 1.82) is 0 Å². The lowest BCUT2D eigenvalue weighted by molar-refractivity contribution is 0.102. The van der Waals surface area contributed by atoms with E-state index in [9.17, 15) is 9.18 Å². The Balaban J connectivity index is 1.48. The number of anilines is 1. The number of hydrogen-bond donors (Lipinski definition) is 1. The Kier molecular flexibility index (Phi) is 5.68. The van der Waals surface area contributed by atoms with Crippen LogP contribution in [0.5, 0.6) is 11.6 Å². The van der Waals surface area contributed by atoms with Crippen molar-refractivity contribution < 1.29 is 13.9 Å². The molecule has 2 aromatic heterocycles. The Morgan fingerprint density at radius 3 is 2.38 bits per heavy atom. The van der Waals surface area contributed by atoms with E-state index in [4.69, 9.17) is 4.74 Å². The van der Waals surface area contributed by atoms with Crippen molar-refractivity contribution in [2.75, 3.05) is 5.32 Å². The van der Waals surface area contributed by atoms with Gasteiger partial charge in [0.25, 0.3) is 5.91 Å². The van der Waals surface area contributed by atoms with Crippen LogP contribution in [0.2, 0.25) is 0 Å². The summed E-state index contributed by atoms with van der Waals surface area (Å²) in [5.74, 6) is 1.29. The summed E-state index contributed by atoms with van der Waals surface area (Å²) in [6.45, 7) is 7.31. The zero-order valence-electron chi connectivity index (χ0n) is 18.2. The standard InChI is InChI=1S/C24H22FN5O2/c1-14-5-6-18(12-21(14)25)24(31)28-19-7-9-20(10-8-19)32-23-13-22(26-17(4)27-23)30-16(3)11-15(2)29-30/h5-13H,1-4H3,(H,28,31). The van der Waals surface area contributed by atoms with Crippen LogP contribution < -0.4 is 10.1 Å². The van der Waals surface area contributed by atoms with Gasteiger partial charge in [-0.15, -0.1) is 0 Å². The smallest absolute Gasteiger partial charge is 0.255 e. The molecular weight excluding hydrogens is 409 g/mol. The van der Waals surface area contributed by atoms with Crippen molar-refractivity contribution in [3.8, 4) is 17.4 Å². The van der Waals surface area contributed by atoms with Crippen molar-refractivity contribution in [2.45, 2.75) is 27.7 Å². The van der Waals surface area contributed by atoms with Crippen LogP contribution in [0.3, 0.4) is 0 Å². The number of aryl methyl sites for hydroxylation is 4. The highest BCUT2D eigenvalue weighted by Gasteiger charge is 2.11. The van der Waals surface area contributed by atoms with Gasteiger partial charge in [-0.25, -0.2) is 14.1 Å². The topological polar surface area (TPSA) is 81.9 Å². The lowest BCUT2D eigenvalue weighted by Gasteiger charge is -2.10. The number of benzene rings is 2. The van der Waals surface area contributed by atoms with E-state index in [-0.39, 0.29) is 5.56 Å². The molecule has 0 saturated heterocycles. The number of hydrogen-bond acceptors (Lipinski definition) is 5. The van der Waals surface area contributed by atoms with Crippen molar-refractivity contribution >= 4 is 11.6 Å². The van der Waals surface area contributed by atoms with Gasteiger partial charge in [-0.05, 0) is 75.7 Å². The third-order valence-electron chi connectivity index (χ3n) is 4.80. The minimum absolute atomic E-state index is 0.251. The summed E-state index contributed by atoms with van der Waals surface area (Å²) in [6.07, 6.45) is 0. The zero-order chi connectivity index (χ0) is 22.8. The fraction of sp³-hybridized carbons (Fsp3) is 0.167. The molecule has 0 spiro atoms. The van der Waals surface area contributed by atoms with Gasteiger partial charge in [-0.3, -0.25) is 4.79 Å². The van der Waals surface area contributed by atoms with Gasteiger partial charge in [0.1, 0.15) is 17.4 Å². The molecule has 2 aromatic carbocycles. The Labute approximate surface area is 184 Å². The monoisotopic (exact) mass is 431 g/mol. The van der Waals surface area contributed by atoms with Crippen LogP contribution in [-0.2, 0) is 0 Å². The molecule has 0 radical (unpaired) electrons. The first-order valence-electron chi connectivity index (χ1n) is 10.0. The van der Waals surface area contributed by atoms with E-state index < -0.39 is 11.7 Å². The van der Waals surface area contributed by atoms with Gasteiger partial charge < -0.3 is 10.1 Å². The number of ether oxygens (including phenoxy) is 1. The molecule has 0 atom stereocenters. The van der Waals surface area contributed by atoms with Gasteiger partial charge in [0.15, 0.2) is 5.82 Å². The van der Waals surface area contributed by atoms with Gasteiger partial charge in [-0.2, -0.15) is 10.1 Å². The number of carbonyl (C=O) groups excluding carboxylic acids is 1. The van der Waals surface area contributed by atoms with E-state index in [1.165, 1.54) is 6.07 Å². The first-order chi connectivity index (χ1) is 15.3. The molecule has 4 aromatic rings. The average molecular weight is 431 g/mol. The first-order valence-corrected chi connectivity index (χ1v) is 10.0. The van der Waals surface area contributed by atoms with E-state index in [2.05, 4.69) is 20.4 Å². The van der Waals surface area contributed by atoms with Crippen molar-refractivity contribution in [3.63, 3.8) is 0 Å². The molecule has 0 unspecified atom stereocenters. The molecule has 0 fully saturated rings. The SMILES string of the molecule is Cc1cc(C)n(-c2cc(Oc3ccc(NC(=O)c4ccc(C)c(F)c4)cc3)nc(C)n2)n1. The summed E-state index contributed by atoms with van der Waals surface area (Å²) >= 11 is 0. The van der Waals surface area contributed by atoms with E-state index in [1.54, 1.807) is 61.0 Å². The van der Waals surface area contributed by atoms with Crippen LogP contribution in [-0.4, -0.2) is 25.7 Å². The summed E-state index contributed by atoms with van der Waals surface area (Å²) in [4.78, 5) is 21.1. The highest BCUT2D eigenvalue weighted by atomic mass is 19.1. The van der Waals surface area contributed by atoms with Gasteiger partial charge in [0.05, 0.1) is 5.69 Å². The molecule has 2 heterocycles. The average Bonchev–Trinajstić information content (AvgIpc) is 3.09. The second kappa shape index (κ2) is 8.58. The highest BCUT2D eigenvalue weighted by Crippen LogP contribution is 2.24. The molecule has 1 N–H and O–H groups in total. The summed E-state index contributed by atoms with van der Waals surface area (Å²) in [5.41, 5.74) is 3.16. The molecule has 0 bridgehead atoms. The third kappa shape index (κ3) is 4.64. The number of halogens is 1. The summed E-state index contributed by atoms with van der Waals surface area (Å²) < 4.78 is 21.3. The van der Waals surface area contributed by atoms with Crippen molar-refractivity contribution in [3.05, 3.63) is 88.8 Å². The van der Waals surface area contributed by atoms with Gasteiger partial charge in [0, 0.05) is 23.0 Å². The summed E-state index contributed by atoms with van der Waals surface area (Å²) in [7, 11) is 0. The number of carbonyl (C=O) groups is 1. The molecule has 0 aliphatic heterocycles. The fourth-order valence-electron chi connectivity index (χ4n) is 3.21. The fourth-order valence-corrected chi connectivity index (χ4v) is 3.21. The lowest BCUT2D eigenvalue weighted by atomic mass is 10.1. The summed E-state index contributed by atoms with van der Waals surface area (Å²) in [6, 6.07) is 14.9. The molecule has 0 aliphatic rings. The van der Waals surface area contributed by atoms with Crippen LogP contribution in [0.25, 0.3) is 5.82 Å². The maximum atomic E-state index is 13.7. The number of aromatic nitrogens is 4. The maximum absolute atomic E-state index is 13.7. The van der Waals surface area contributed by atoms with Gasteiger partial charge in [-0.1, -0.05) is 6.07 Å². The molecule has 0 saturated carbocycles. The third-order valence-corrected chi connectivity index (χ3v) is 4.80. The number of rotatable bonds is 5. The van der Waals surface area contributed by atoms with E-state index in [0.29, 0.717) is 34.5 Å². The molecule has 4 rings (SSSR count). The van der Waals surface area contributed by atoms with Crippen molar-refractivity contribution in [2.24, 2.45) is 0 Å². The Morgan fingerprint density at radius 2 is 1.72 bits per heavy atom. The van der Waals surface area contributed by atoms with Crippen LogP contribution in [0.15, 0.2) is 54.6 Å². The maximum Gasteiger partial charge on any atom is 0.255 e. The Hall–Kier alpha value is -4.07. The predicted octanol–water partition coefficient (Wildman–Crippen LogP) is 5.08. The number of amides is 1. The van der Waals surface area contributed by atoms with Crippen LogP contribution in [0.4, 0.5) is 10.1 Å². The Bertz CT molecular complexity index is 1300. The second-order valence-corrected chi connectivity index (χ2v) is 7.50. The van der Waals surface area contributed by atoms with Gasteiger partial charge >= 0.3 is 0 Å². The largest absolute Gasteiger partial charge is 0.439 e. The Morgan fingerprint density at radius 1 is 0.969 bits per heavy atom. The van der Waals surface area contributed by atoms with E-state index >= 15 is 0 Å². The molecule has 7 nitrogen and oxygen atoms in total. The lowest BCUT2D eigenvalue weighted by Crippen LogP contribution is -2.12. The normalized spacial score (nSPS) is 10.8. The first kappa shape index (κ1) is 21.2. The highest BCUT2D eigenvalue weighted by molar-refractivity contribution is 6.04. The number of nitrogens with one attached hydrogen (secondary N) is 1. The van der Waals surface area contributed by atoms with Crippen molar-refractivity contribution in [1.82, 2.24) is 19.7 Å². The minimum atomic E-state index is -0.415. The quantitative estimate of drug-likeness (QED) is 0.477.